The number of rotatable bonds is 16. The number of benzene rings is 4. The first-order valence-electron chi connectivity index (χ1n) is 19.2. The van der Waals surface area contributed by atoms with Crippen molar-refractivity contribution < 1.29 is 48.0 Å². The lowest BCUT2D eigenvalue weighted by Gasteiger charge is -2.40. The van der Waals surface area contributed by atoms with Crippen LogP contribution >= 0.6 is 0 Å². The number of esters is 1. The van der Waals surface area contributed by atoms with Gasteiger partial charge in [-0.3, -0.25) is 14.2 Å². The number of aliphatic hydroxyl groups excluding tert-OH is 1. The summed E-state index contributed by atoms with van der Waals surface area (Å²) in [6.07, 6.45) is -3.90. The molecule has 0 radical (unpaired) electrons. The molecule has 3 heterocycles. The van der Waals surface area contributed by atoms with Crippen LogP contribution in [0.4, 0.5) is 5.82 Å². The maximum absolute atomic E-state index is 14.1. The summed E-state index contributed by atoms with van der Waals surface area (Å²) in [5.41, 5.74) is 3.16. The van der Waals surface area contributed by atoms with Gasteiger partial charge in [-0.15, -0.1) is 0 Å². The minimum absolute atomic E-state index is 0.255. The second kappa shape index (κ2) is 17.8. The largest absolute Gasteiger partial charge is 0.497 e. The molecule has 1 unspecified atom stereocenters. The van der Waals surface area contributed by atoms with Gasteiger partial charge < -0.3 is 38.4 Å². The van der Waals surface area contributed by atoms with Crippen molar-refractivity contribution in [1.29, 1.82) is 0 Å². The van der Waals surface area contributed by atoms with Crippen molar-refractivity contribution in [3.05, 3.63) is 139 Å². The minimum atomic E-state index is -1.52. The third-order valence-electron chi connectivity index (χ3n) is 10.1. The molecule has 0 spiro atoms. The summed E-state index contributed by atoms with van der Waals surface area (Å²) in [6.45, 7) is 5.99. The first-order chi connectivity index (χ1) is 28.9. The van der Waals surface area contributed by atoms with Crippen molar-refractivity contribution >= 4 is 28.7 Å². The lowest BCUT2D eigenvalue weighted by molar-refractivity contribution is -0.179. The Morgan fingerprint density at radius 3 is 1.95 bits per heavy atom. The Hall–Kier alpha value is -6.39. The van der Waals surface area contributed by atoms with Gasteiger partial charge in [0, 0.05) is 0 Å². The van der Waals surface area contributed by atoms with Crippen LogP contribution in [0.25, 0.3) is 11.2 Å². The van der Waals surface area contributed by atoms with Crippen LogP contribution in [-0.4, -0.2) is 81.8 Å². The van der Waals surface area contributed by atoms with Gasteiger partial charge >= 0.3 is 5.97 Å². The molecule has 1 fully saturated rings. The van der Waals surface area contributed by atoms with Crippen molar-refractivity contribution in [1.82, 2.24) is 19.5 Å². The van der Waals surface area contributed by atoms with Gasteiger partial charge in [0.25, 0.3) is 0 Å². The van der Waals surface area contributed by atoms with E-state index in [-0.39, 0.29) is 11.5 Å². The molecule has 0 amide bonds. The molecule has 2 N–H and O–H groups in total. The number of Topliss-reactive ketones (excluding diaryl/α,β-unsaturated/α-hetero) is 1. The quantitative estimate of drug-likeness (QED) is 0.0475. The summed E-state index contributed by atoms with van der Waals surface area (Å²) >= 11 is 0. The van der Waals surface area contributed by atoms with E-state index in [4.69, 9.17) is 33.3 Å². The van der Waals surface area contributed by atoms with E-state index < -0.39 is 60.2 Å². The molecule has 0 aliphatic carbocycles. The van der Waals surface area contributed by atoms with E-state index in [1.165, 1.54) is 19.6 Å². The molecule has 1 saturated heterocycles. The van der Waals surface area contributed by atoms with Crippen molar-refractivity contribution in [2.45, 2.75) is 63.9 Å². The summed E-state index contributed by atoms with van der Waals surface area (Å²) in [7, 11) is 3.16. The number of ketones is 1. The van der Waals surface area contributed by atoms with E-state index in [2.05, 4.69) is 20.4 Å². The molecular weight excluding hydrogens is 771 g/mol. The highest BCUT2D eigenvalue weighted by Gasteiger charge is 2.54. The second-order valence-corrected chi connectivity index (χ2v) is 15.1. The molecule has 60 heavy (non-hydrogen) atoms. The van der Waals surface area contributed by atoms with Crippen LogP contribution in [-0.2, 0) is 34.1 Å². The molecule has 0 bridgehead atoms. The predicted octanol–water partition coefficient (Wildman–Crippen LogP) is 6.41. The molecule has 2 aromatic heterocycles. The van der Waals surface area contributed by atoms with Crippen LogP contribution in [0.1, 0.15) is 50.6 Å². The van der Waals surface area contributed by atoms with Gasteiger partial charge in [-0.05, 0) is 80.8 Å². The summed E-state index contributed by atoms with van der Waals surface area (Å²) < 4.78 is 38.1. The SMILES string of the molecule is COc1ccc(C(OC(C(C)=O)[C@H]2O[C@@H](n3cnc4c(NOc5ccccc5)ncnc43)[C@H](OCOC(=O)C(C)(C)C)[C@@H]2O)(c2ccccc2)c2ccc(OC)cc2)cc1. The van der Waals surface area contributed by atoms with Gasteiger partial charge in [0.2, 0.25) is 0 Å². The third kappa shape index (κ3) is 8.51. The second-order valence-electron chi connectivity index (χ2n) is 15.1. The lowest BCUT2D eigenvalue weighted by Crippen LogP contribution is -2.49. The number of aliphatic hydroxyl groups is 1. The van der Waals surface area contributed by atoms with E-state index in [1.807, 2.05) is 97.1 Å². The molecule has 0 saturated carbocycles. The zero-order chi connectivity index (χ0) is 42.4. The summed E-state index contributed by atoms with van der Waals surface area (Å²) in [5.74, 6) is 1.07. The number of fused-ring (bicyclic) bond motifs is 1. The van der Waals surface area contributed by atoms with Crippen LogP contribution in [0.5, 0.6) is 17.2 Å². The number of ether oxygens (including phenoxy) is 6. The standard InChI is InChI=1S/C45H47N5O10/c1-28(51)37(59-45(29-13-9-7-10-14-29,30-17-21-32(54-5)22-18-30)31-19-23-33(55-6)24-20-31)38-36(52)39(56-27-57-43(53)44(2,3)4)42(58-38)50-26-48-35-40(46-25-47-41(35)50)49-60-34-15-11-8-12-16-34/h7-26,36-39,42,52H,27H2,1-6H3,(H,46,47,49)/t36-,37?,38+,39-,42-/m1/s1. The molecular formula is C45H47N5O10. The fraction of sp³-hybridized carbons (Fsp3) is 0.311. The van der Waals surface area contributed by atoms with Gasteiger partial charge in [-0.2, -0.15) is 0 Å². The maximum atomic E-state index is 14.1. The molecule has 4 aromatic carbocycles. The molecule has 7 rings (SSSR count). The number of hydrogen-bond donors (Lipinski definition) is 2. The molecule has 1 aliphatic heterocycles. The number of carbonyl (C=O) groups excluding carboxylic acids is 2. The molecule has 5 atom stereocenters. The topological polar surface area (TPSA) is 175 Å². The predicted molar refractivity (Wildman–Crippen MR) is 219 cm³/mol. The Bertz CT molecular complexity index is 2320. The molecule has 15 nitrogen and oxygen atoms in total. The fourth-order valence-corrected chi connectivity index (χ4v) is 7.02. The fourth-order valence-electron chi connectivity index (χ4n) is 7.02. The average molecular weight is 818 g/mol. The average Bonchev–Trinajstić information content (AvgIpc) is 3.84. The summed E-state index contributed by atoms with van der Waals surface area (Å²) in [4.78, 5) is 46.0. The monoisotopic (exact) mass is 817 g/mol. The Balaban J connectivity index is 1.31. The smallest absolute Gasteiger partial charge is 0.313 e. The normalized spacial score (nSPS) is 18.4. The molecule has 312 valence electrons. The Kier molecular flexibility index (Phi) is 12.4. The van der Waals surface area contributed by atoms with Crippen LogP contribution in [0.15, 0.2) is 122 Å². The number of imidazole rings is 1. The molecule has 6 aromatic rings. The third-order valence-corrected chi connectivity index (χ3v) is 10.1. The van der Waals surface area contributed by atoms with Gasteiger partial charge in [-0.25, -0.2) is 20.4 Å². The van der Waals surface area contributed by atoms with Crippen molar-refractivity contribution in [3.63, 3.8) is 0 Å². The van der Waals surface area contributed by atoms with Crippen molar-refractivity contribution in [2.24, 2.45) is 5.41 Å². The zero-order valence-electron chi connectivity index (χ0n) is 34.1. The maximum Gasteiger partial charge on any atom is 0.313 e. The van der Waals surface area contributed by atoms with E-state index >= 15 is 0 Å². The van der Waals surface area contributed by atoms with Gasteiger partial charge in [0.05, 0.1) is 26.0 Å². The molecule has 1 aliphatic rings. The summed E-state index contributed by atoms with van der Waals surface area (Å²) in [6, 6.07) is 33.2. The van der Waals surface area contributed by atoms with Crippen molar-refractivity contribution in [3.8, 4) is 17.2 Å². The zero-order valence-corrected chi connectivity index (χ0v) is 34.1. The highest BCUT2D eigenvalue weighted by atomic mass is 16.7. The van der Waals surface area contributed by atoms with E-state index in [0.29, 0.717) is 39.5 Å². The Morgan fingerprint density at radius 2 is 1.38 bits per heavy atom. The van der Waals surface area contributed by atoms with Crippen LogP contribution in [0.3, 0.4) is 0 Å². The number of carbonyl (C=O) groups is 2. The minimum Gasteiger partial charge on any atom is -0.497 e. The highest BCUT2D eigenvalue weighted by Crippen LogP contribution is 2.45. The first-order valence-corrected chi connectivity index (χ1v) is 19.2. The van der Waals surface area contributed by atoms with E-state index in [1.54, 1.807) is 51.7 Å². The molecule has 15 heteroatoms. The number of methoxy groups -OCH3 is 2. The summed E-state index contributed by atoms with van der Waals surface area (Å²) in [5, 5.41) is 12.3. The first kappa shape index (κ1) is 41.8. The van der Waals surface area contributed by atoms with E-state index in [0.717, 1.165) is 0 Å². The van der Waals surface area contributed by atoms with Crippen LogP contribution in [0, 0.1) is 5.41 Å². The van der Waals surface area contributed by atoms with Crippen molar-refractivity contribution in [2.75, 3.05) is 26.5 Å². The van der Waals surface area contributed by atoms with Gasteiger partial charge in [-0.1, -0.05) is 72.8 Å². The number of nitrogens with zero attached hydrogens (tertiary/aromatic N) is 4. The number of para-hydroxylation sites is 1. The number of aromatic nitrogens is 4. The van der Waals surface area contributed by atoms with Gasteiger partial charge in [0.15, 0.2) is 41.5 Å². The van der Waals surface area contributed by atoms with Crippen LogP contribution in [0.2, 0.25) is 0 Å². The van der Waals surface area contributed by atoms with Crippen LogP contribution < -0.4 is 19.8 Å². The van der Waals surface area contributed by atoms with Gasteiger partial charge in [0.1, 0.15) is 47.8 Å². The number of hydrogen-bond acceptors (Lipinski definition) is 14. The number of nitrogens with one attached hydrogen (secondary N) is 1. The highest BCUT2D eigenvalue weighted by molar-refractivity contribution is 5.83. The Morgan fingerprint density at radius 1 is 0.800 bits per heavy atom. The Labute approximate surface area is 347 Å². The lowest BCUT2D eigenvalue weighted by atomic mass is 9.79. The van der Waals surface area contributed by atoms with E-state index in [9.17, 15) is 14.7 Å². The number of anilines is 1.